The smallest absolute Gasteiger partial charge is 0.322 e. The second-order valence-electron chi connectivity index (χ2n) is 4.91. The van der Waals surface area contributed by atoms with E-state index in [0.717, 1.165) is 6.26 Å². The number of carbonyl (C=O) groups is 1. The molecule has 108 valence electrons. The summed E-state index contributed by atoms with van der Waals surface area (Å²) >= 11 is 0. The van der Waals surface area contributed by atoms with Crippen LogP contribution >= 0.6 is 0 Å². The second kappa shape index (κ2) is 7.06. The Kier molecular flexibility index (Phi) is 6.80. The summed E-state index contributed by atoms with van der Waals surface area (Å²) < 4.78 is 32.0. The molecule has 0 rings (SSSR count). The van der Waals surface area contributed by atoms with Crippen LogP contribution in [0.25, 0.3) is 0 Å². The van der Waals surface area contributed by atoms with E-state index in [9.17, 15) is 13.2 Å². The molecule has 0 aliphatic rings. The molecule has 0 saturated carbocycles. The lowest BCUT2D eigenvalue weighted by Gasteiger charge is -2.22. The van der Waals surface area contributed by atoms with Crippen molar-refractivity contribution in [3.8, 4) is 0 Å². The van der Waals surface area contributed by atoms with Gasteiger partial charge in [-0.3, -0.25) is 4.79 Å². The van der Waals surface area contributed by atoms with E-state index in [2.05, 4.69) is 0 Å². The van der Waals surface area contributed by atoms with Gasteiger partial charge in [-0.1, -0.05) is 0 Å². The van der Waals surface area contributed by atoms with Gasteiger partial charge in [-0.25, -0.2) is 8.42 Å². The molecule has 0 bridgehead atoms. The van der Waals surface area contributed by atoms with Crippen LogP contribution in [0, 0.1) is 0 Å². The maximum Gasteiger partial charge on any atom is 0.322 e. The van der Waals surface area contributed by atoms with Crippen LogP contribution in [0.2, 0.25) is 0 Å². The van der Waals surface area contributed by atoms with Crippen LogP contribution < -0.4 is 5.73 Å². The molecular weight excluding hydrogens is 258 g/mol. The third-order valence-corrected chi connectivity index (χ3v) is 3.58. The van der Waals surface area contributed by atoms with Crippen molar-refractivity contribution in [2.45, 2.75) is 38.3 Å². The molecule has 6 nitrogen and oxygen atoms in total. The average molecular weight is 281 g/mol. The third kappa shape index (κ3) is 8.43. The first-order valence-corrected chi connectivity index (χ1v) is 7.78. The van der Waals surface area contributed by atoms with Crippen molar-refractivity contribution in [3.63, 3.8) is 0 Å². The molecule has 0 heterocycles. The van der Waals surface area contributed by atoms with Crippen molar-refractivity contribution in [2.75, 3.05) is 25.7 Å². The van der Waals surface area contributed by atoms with Crippen LogP contribution in [0.4, 0.5) is 0 Å². The molecule has 0 aliphatic heterocycles. The molecule has 7 heteroatoms. The van der Waals surface area contributed by atoms with Gasteiger partial charge in [-0.15, -0.1) is 0 Å². The Bertz CT molecular complexity index is 364. The molecule has 0 saturated heterocycles. The van der Waals surface area contributed by atoms with Crippen LogP contribution in [-0.4, -0.2) is 51.8 Å². The fourth-order valence-corrected chi connectivity index (χ4v) is 1.75. The zero-order valence-corrected chi connectivity index (χ0v) is 12.2. The van der Waals surface area contributed by atoms with Gasteiger partial charge in [0.05, 0.1) is 18.0 Å². The van der Waals surface area contributed by atoms with E-state index in [-0.39, 0.29) is 24.4 Å². The van der Waals surface area contributed by atoms with Gasteiger partial charge < -0.3 is 15.2 Å². The number of nitrogens with two attached hydrogens (primary N) is 1. The van der Waals surface area contributed by atoms with E-state index in [4.69, 9.17) is 15.2 Å². The Labute approximate surface area is 109 Å². The van der Waals surface area contributed by atoms with Gasteiger partial charge in [0.15, 0.2) is 0 Å². The summed E-state index contributed by atoms with van der Waals surface area (Å²) in [7, 11) is -1.53. The zero-order valence-electron chi connectivity index (χ0n) is 11.4. The Morgan fingerprint density at radius 3 is 2.39 bits per heavy atom. The normalized spacial score (nSPS) is 14.3. The predicted octanol–water partition coefficient (Wildman–Crippen LogP) is 0.107. The molecule has 0 aromatic heterocycles. The first kappa shape index (κ1) is 17.3. The summed E-state index contributed by atoms with van der Waals surface area (Å²) in [6.07, 6.45) is 1.73. The standard InChI is InChI=1S/C11H23NO5S/c1-11(2,16-3)6-7-17-10(13)9(12)5-8-18(4,14)15/h9H,5-8,12H2,1-4H3. The van der Waals surface area contributed by atoms with Crippen molar-refractivity contribution in [2.24, 2.45) is 5.73 Å². The van der Waals surface area contributed by atoms with Gasteiger partial charge in [-0.2, -0.15) is 0 Å². The summed E-state index contributed by atoms with van der Waals surface area (Å²) in [6.45, 7) is 3.96. The van der Waals surface area contributed by atoms with E-state index < -0.39 is 21.8 Å². The Hall–Kier alpha value is -0.660. The molecule has 1 unspecified atom stereocenters. The number of esters is 1. The van der Waals surface area contributed by atoms with E-state index in [1.165, 1.54) is 0 Å². The monoisotopic (exact) mass is 281 g/mol. The molecule has 0 radical (unpaired) electrons. The van der Waals surface area contributed by atoms with Gasteiger partial charge in [0.2, 0.25) is 0 Å². The van der Waals surface area contributed by atoms with Crippen LogP contribution in [0.3, 0.4) is 0 Å². The van der Waals surface area contributed by atoms with Gasteiger partial charge in [-0.05, 0) is 20.3 Å². The van der Waals surface area contributed by atoms with Gasteiger partial charge in [0.25, 0.3) is 0 Å². The SMILES string of the molecule is COC(C)(C)CCOC(=O)C(N)CCS(C)(=O)=O. The summed E-state index contributed by atoms with van der Waals surface area (Å²) in [5, 5.41) is 0. The van der Waals surface area contributed by atoms with Gasteiger partial charge in [0, 0.05) is 19.8 Å². The molecule has 1 atom stereocenters. The molecule has 0 spiro atoms. The molecule has 0 aromatic rings. The molecule has 18 heavy (non-hydrogen) atoms. The summed E-state index contributed by atoms with van der Waals surface area (Å²) in [5.41, 5.74) is 5.17. The van der Waals surface area contributed by atoms with Crippen LogP contribution in [0.1, 0.15) is 26.7 Å². The number of hydrogen-bond donors (Lipinski definition) is 1. The van der Waals surface area contributed by atoms with Crippen molar-refractivity contribution < 1.29 is 22.7 Å². The number of rotatable bonds is 8. The Morgan fingerprint density at radius 1 is 1.39 bits per heavy atom. The van der Waals surface area contributed by atoms with E-state index in [0.29, 0.717) is 6.42 Å². The predicted molar refractivity (Wildman–Crippen MR) is 69.0 cm³/mol. The largest absolute Gasteiger partial charge is 0.464 e. The first-order valence-electron chi connectivity index (χ1n) is 5.72. The summed E-state index contributed by atoms with van der Waals surface area (Å²) in [5.74, 6) is -0.696. The lowest BCUT2D eigenvalue weighted by atomic mass is 10.1. The molecule has 2 N–H and O–H groups in total. The molecule has 0 aromatic carbocycles. The summed E-state index contributed by atoms with van der Waals surface area (Å²) in [6, 6.07) is -0.898. The highest BCUT2D eigenvalue weighted by Gasteiger charge is 2.20. The maximum atomic E-state index is 11.5. The van der Waals surface area contributed by atoms with Crippen molar-refractivity contribution in [3.05, 3.63) is 0 Å². The van der Waals surface area contributed by atoms with Crippen molar-refractivity contribution >= 4 is 15.8 Å². The van der Waals surface area contributed by atoms with Crippen molar-refractivity contribution in [1.82, 2.24) is 0 Å². The van der Waals surface area contributed by atoms with Crippen molar-refractivity contribution in [1.29, 1.82) is 0 Å². The zero-order chi connectivity index (χ0) is 14.4. The highest BCUT2D eigenvalue weighted by molar-refractivity contribution is 7.90. The molecule has 0 fully saturated rings. The highest BCUT2D eigenvalue weighted by Crippen LogP contribution is 2.12. The summed E-state index contributed by atoms with van der Waals surface area (Å²) in [4.78, 5) is 11.5. The third-order valence-electron chi connectivity index (χ3n) is 2.60. The highest BCUT2D eigenvalue weighted by atomic mass is 32.2. The average Bonchev–Trinajstić information content (AvgIpc) is 2.24. The van der Waals surface area contributed by atoms with Gasteiger partial charge in [0.1, 0.15) is 15.9 Å². The maximum absolute atomic E-state index is 11.5. The van der Waals surface area contributed by atoms with E-state index >= 15 is 0 Å². The second-order valence-corrected chi connectivity index (χ2v) is 7.17. The molecular formula is C11H23NO5S. The fraction of sp³-hybridized carbons (Fsp3) is 0.909. The van der Waals surface area contributed by atoms with E-state index in [1.54, 1.807) is 7.11 Å². The number of carbonyl (C=O) groups excluding carboxylic acids is 1. The number of ether oxygens (including phenoxy) is 2. The fourth-order valence-electron chi connectivity index (χ4n) is 1.07. The Morgan fingerprint density at radius 2 is 1.94 bits per heavy atom. The number of hydrogen-bond acceptors (Lipinski definition) is 6. The van der Waals surface area contributed by atoms with Gasteiger partial charge >= 0.3 is 5.97 Å². The molecule has 0 amide bonds. The van der Waals surface area contributed by atoms with Crippen LogP contribution in [0.15, 0.2) is 0 Å². The lowest BCUT2D eigenvalue weighted by Crippen LogP contribution is -2.35. The minimum atomic E-state index is -3.11. The minimum Gasteiger partial charge on any atom is -0.464 e. The number of sulfone groups is 1. The Balaban J connectivity index is 3.96. The first-order chi connectivity index (χ1) is 8.07. The van der Waals surface area contributed by atoms with Crippen LogP contribution in [0.5, 0.6) is 0 Å². The molecule has 0 aliphatic carbocycles. The topological polar surface area (TPSA) is 95.7 Å². The van der Waals surface area contributed by atoms with E-state index in [1.807, 2.05) is 13.8 Å². The lowest BCUT2D eigenvalue weighted by molar-refractivity contribution is -0.146. The number of methoxy groups -OCH3 is 1. The van der Waals surface area contributed by atoms with Crippen LogP contribution in [-0.2, 0) is 24.1 Å². The minimum absolute atomic E-state index is 0.0747. The quantitative estimate of drug-likeness (QED) is 0.634.